The summed E-state index contributed by atoms with van der Waals surface area (Å²) in [5.41, 5.74) is 0.931. The summed E-state index contributed by atoms with van der Waals surface area (Å²) in [6.45, 7) is 1.76. The SMILES string of the molecule is CN(CCCNC(=O)CCc1nnc(-c2ccsc2)o1)C1CCCCC1. The Balaban J connectivity index is 1.29. The molecule has 7 heteroatoms. The maximum absolute atomic E-state index is 12.0. The molecule has 1 aliphatic rings. The summed E-state index contributed by atoms with van der Waals surface area (Å²) in [5.74, 6) is 1.08. The molecule has 1 amide bonds. The first kappa shape index (κ1) is 19.0. The van der Waals surface area contributed by atoms with Crippen LogP contribution in [0.4, 0.5) is 0 Å². The lowest BCUT2D eigenvalue weighted by Crippen LogP contribution is -2.35. The molecule has 2 heterocycles. The van der Waals surface area contributed by atoms with Gasteiger partial charge in [-0.25, -0.2) is 0 Å². The minimum absolute atomic E-state index is 0.0422. The number of carbonyl (C=O) groups is 1. The quantitative estimate of drug-likeness (QED) is 0.678. The van der Waals surface area contributed by atoms with Gasteiger partial charge in [-0.05, 0) is 44.3 Å². The first-order valence-electron chi connectivity index (χ1n) is 9.54. The second kappa shape index (κ2) is 9.83. The zero-order valence-corrected chi connectivity index (χ0v) is 16.3. The number of carbonyl (C=O) groups excluding carboxylic acids is 1. The van der Waals surface area contributed by atoms with E-state index >= 15 is 0 Å². The van der Waals surface area contributed by atoms with Crippen LogP contribution >= 0.6 is 11.3 Å². The smallest absolute Gasteiger partial charge is 0.248 e. The summed E-state index contributed by atoms with van der Waals surface area (Å²) in [7, 11) is 2.21. The molecule has 2 aromatic rings. The van der Waals surface area contributed by atoms with Gasteiger partial charge in [-0.3, -0.25) is 4.79 Å². The normalized spacial score (nSPS) is 15.5. The first-order valence-corrected chi connectivity index (χ1v) is 10.5. The molecule has 26 heavy (non-hydrogen) atoms. The summed E-state index contributed by atoms with van der Waals surface area (Å²) in [4.78, 5) is 14.4. The Morgan fingerprint density at radius 2 is 2.19 bits per heavy atom. The molecule has 0 bridgehead atoms. The van der Waals surface area contributed by atoms with Crippen LogP contribution in [-0.2, 0) is 11.2 Å². The molecule has 0 atom stereocenters. The number of rotatable bonds is 9. The number of hydrogen-bond donors (Lipinski definition) is 1. The Morgan fingerprint density at radius 3 is 2.96 bits per heavy atom. The number of thiophene rings is 1. The summed E-state index contributed by atoms with van der Waals surface area (Å²) < 4.78 is 5.60. The van der Waals surface area contributed by atoms with Gasteiger partial charge in [-0.2, -0.15) is 11.3 Å². The molecule has 1 N–H and O–H groups in total. The Hall–Kier alpha value is -1.73. The van der Waals surface area contributed by atoms with E-state index in [-0.39, 0.29) is 5.91 Å². The molecular formula is C19H28N4O2S. The molecular weight excluding hydrogens is 348 g/mol. The van der Waals surface area contributed by atoms with Gasteiger partial charge in [0.05, 0.1) is 0 Å². The number of amides is 1. The third-order valence-corrected chi connectivity index (χ3v) is 5.69. The molecule has 2 aromatic heterocycles. The van der Waals surface area contributed by atoms with Crippen LogP contribution in [0.25, 0.3) is 11.5 Å². The zero-order valence-electron chi connectivity index (χ0n) is 15.4. The highest BCUT2D eigenvalue weighted by atomic mass is 32.1. The predicted octanol–water partition coefficient (Wildman–Crippen LogP) is 3.50. The molecule has 0 spiro atoms. The monoisotopic (exact) mass is 376 g/mol. The summed E-state index contributed by atoms with van der Waals surface area (Å²) in [5, 5.41) is 15.0. The maximum atomic E-state index is 12.0. The number of nitrogens with one attached hydrogen (secondary N) is 1. The Bertz CT molecular complexity index is 665. The van der Waals surface area contributed by atoms with Crippen molar-refractivity contribution >= 4 is 17.2 Å². The van der Waals surface area contributed by atoms with Crippen LogP contribution in [0, 0.1) is 0 Å². The van der Waals surface area contributed by atoms with E-state index in [1.54, 1.807) is 11.3 Å². The lowest BCUT2D eigenvalue weighted by molar-refractivity contribution is -0.121. The number of hydrogen-bond acceptors (Lipinski definition) is 6. The van der Waals surface area contributed by atoms with E-state index in [2.05, 4.69) is 27.5 Å². The third-order valence-electron chi connectivity index (χ3n) is 5.01. The predicted molar refractivity (Wildman–Crippen MR) is 103 cm³/mol. The van der Waals surface area contributed by atoms with Gasteiger partial charge in [0.25, 0.3) is 0 Å². The van der Waals surface area contributed by atoms with Crippen molar-refractivity contribution in [3.05, 3.63) is 22.7 Å². The van der Waals surface area contributed by atoms with Crippen LogP contribution in [-0.4, -0.2) is 47.2 Å². The van der Waals surface area contributed by atoms with Crippen molar-refractivity contribution in [2.24, 2.45) is 0 Å². The maximum Gasteiger partial charge on any atom is 0.248 e. The average molecular weight is 377 g/mol. The highest BCUT2D eigenvalue weighted by molar-refractivity contribution is 7.08. The molecule has 0 aromatic carbocycles. The second-order valence-electron chi connectivity index (χ2n) is 6.99. The van der Waals surface area contributed by atoms with E-state index in [0.717, 1.165) is 31.1 Å². The number of aromatic nitrogens is 2. The lowest BCUT2D eigenvalue weighted by atomic mass is 9.94. The molecule has 1 aliphatic carbocycles. The average Bonchev–Trinajstić information content (AvgIpc) is 3.35. The van der Waals surface area contributed by atoms with Crippen molar-refractivity contribution in [3.63, 3.8) is 0 Å². The Morgan fingerprint density at radius 1 is 1.35 bits per heavy atom. The van der Waals surface area contributed by atoms with Crippen LogP contribution in [0.5, 0.6) is 0 Å². The van der Waals surface area contributed by atoms with Crippen LogP contribution in [0.1, 0.15) is 50.8 Å². The van der Waals surface area contributed by atoms with Crippen LogP contribution in [0.2, 0.25) is 0 Å². The molecule has 0 aliphatic heterocycles. The molecule has 142 valence electrons. The summed E-state index contributed by atoms with van der Waals surface area (Å²) in [6.07, 6.45) is 8.58. The Labute approximate surface area is 159 Å². The largest absolute Gasteiger partial charge is 0.421 e. The molecule has 3 rings (SSSR count). The van der Waals surface area contributed by atoms with Gasteiger partial charge in [0, 0.05) is 36.4 Å². The van der Waals surface area contributed by atoms with E-state index < -0.39 is 0 Å². The molecule has 0 unspecified atom stereocenters. The van der Waals surface area contributed by atoms with Gasteiger partial charge >= 0.3 is 0 Å². The minimum atomic E-state index is 0.0422. The first-order chi connectivity index (χ1) is 12.7. The van der Waals surface area contributed by atoms with Crippen LogP contribution < -0.4 is 5.32 Å². The van der Waals surface area contributed by atoms with Gasteiger partial charge in [0.2, 0.25) is 17.7 Å². The van der Waals surface area contributed by atoms with Gasteiger partial charge in [-0.15, -0.1) is 10.2 Å². The number of aryl methyl sites for hydroxylation is 1. The molecule has 1 saturated carbocycles. The van der Waals surface area contributed by atoms with Gasteiger partial charge in [-0.1, -0.05) is 19.3 Å². The second-order valence-corrected chi connectivity index (χ2v) is 7.77. The van der Waals surface area contributed by atoms with Crippen LogP contribution in [0.3, 0.4) is 0 Å². The van der Waals surface area contributed by atoms with Crippen molar-refractivity contribution in [2.75, 3.05) is 20.1 Å². The standard InChI is InChI=1S/C19H28N4O2S/c1-23(16-6-3-2-4-7-16)12-5-11-20-17(24)8-9-18-21-22-19(25-18)15-10-13-26-14-15/h10,13-14,16H,2-9,11-12H2,1H3,(H,20,24). The third kappa shape index (κ3) is 5.64. The fourth-order valence-electron chi connectivity index (χ4n) is 3.43. The van der Waals surface area contributed by atoms with E-state index in [1.807, 2.05) is 16.8 Å². The zero-order chi connectivity index (χ0) is 18.2. The van der Waals surface area contributed by atoms with Crippen molar-refractivity contribution in [1.29, 1.82) is 0 Å². The van der Waals surface area contributed by atoms with Gasteiger partial charge in [0.15, 0.2) is 0 Å². The van der Waals surface area contributed by atoms with E-state index in [9.17, 15) is 4.79 Å². The molecule has 0 radical (unpaired) electrons. The number of nitrogens with zero attached hydrogens (tertiary/aromatic N) is 3. The lowest BCUT2D eigenvalue weighted by Gasteiger charge is -2.31. The van der Waals surface area contributed by atoms with Gasteiger partial charge in [0.1, 0.15) is 0 Å². The van der Waals surface area contributed by atoms with E-state index in [1.165, 1.54) is 32.1 Å². The highest BCUT2D eigenvalue weighted by Crippen LogP contribution is 2.22. The summed E-state index contributed by atoms with van der Waals surface area (Å²) >= 11 is 1.59. The van der Waals surface area contributed by atoms with Crippen molar-refractivity contribution in [1.82, 2.24) is 20.4 Å². The van der Waals surface area contributed by atoms with Crippen LogP contribution in [0.15, 0.2) is 21.2 Å². The molecule has 0 saturated heterocycles. The van der Waals surface area contributed by atoms with Crippen molar-refractivity contribution in [3.8, 4) is 11.5 Å². The highest BCUT2D eigenvalue weighted by Gasteiger charge is 2.17. The van der Waals surface area contributed by atoms with E-state index in [0.29, 0.717) is 24.6 Å². The topological polar surface area (TPSA) is 71.3 Å². The minimum Gasteiger partial charge on any atom is -0.421 e. The molecule has 1 fully saturated rings. The fraction of sp³-hybridized carbons (Fsp3) is 0.632. The van der Waals surface area contributed by atoms with Crippen molar-refractivity contribution in [2.45, 2.75) is 57.4 Å². The molecule has 6 nitrogen and oxygen atoms in total. The van der Waals surface area contributed by atoms with E-state index in [4.69, 9.17) is 4.42 Å². The fourth-order valence-corrected chi connectivity index (χ4v) is 4.06. The summed E-state index contributed by atoms with van der Waals surface area (Å²) in [6, 6.07) is 2.67. The Kier molecular flexibility index (Phi) is 7.20. The van der Waals surface area contributed by atoms with Gasteiger partial charge < -0.3 is 14.6 Å². The van der Waals surface area contributed by atoms with Crippen molar-refractivity contribution < 1.29 is 9.21 Å².